The van der Waals surface area contributed by atoms with Crippen molar-refractivity contribution >= 4 is 6.21 Å². The van der Waals surface area contributed by atoms with Crippen LogP contribution in [0.5, 0.6) is 0 Å². The molecule has 0 bridgehead atoms. The molecule has 0 saturated carbocycles. The van der Waals surface area contributed by atoms with Gasteiger partial charge in [0.15, 0.2) is 0 Å². The SMILES string of the molecule is CC/C=N\CC(C)[C@@H](C)[C@@H](C)N. The van der Waals surface area contributed by atoms with Gasteiger partial charge in [0.25, 0.3) is 0 Å². The Kier molecular flexibility index (Phi) is 5.99. The lowest BCUT2D eigenvalue weighted by molar-refractivity contribution is 0.346. The first-order valence-electron chi connectivity index (χ1n) is 4.83. The minimum atomic E-state index is 0.275. The van der Waals surface area contributed by atoms with E-state index in [0.717, 1.165) is 13.0 Å². The van der Waals surface area contributed by atoms with Crippen LogP contribution in [0.1, 0.15) is 34.1 Å². The standard InChI is InChI=1S/C10H22N2/c1-5-6-12-7-8(2)9(3)10(4)11/h6,8-10H,5,7,11H2,1-4H3/b12-6-/t8?,9-,10-/m1/s1. The molecule has 1 unspecified atom stereocenters. The molecule has 0 aliphatic carbocycles. The molecule has 12 heavy (non-hydrogen) atoms. The molecule has 0 saturated heterocycles. The van der Waals surface area contributed by atoms with Crippen LogP contribution >= 0.6 is 0 Å². The van der Waals surface area contributed by atoms with E-state index in [1.807, 2.05) is 6.21 Å². The van der Waals surface area contributed by atoms with Gasteiger partial charge in [-0.25, -0.2) is 0 Å². The first kappa shape index (κ1) is 11.6. The topological polar surface area (TPSA) is 38.4 Å². The molecule has 0 radical (unpaired) electrons. The molecule has 0 spiro atoms. The summed E-state index contributed by atoms with van der Waals surface area (Å²) in [5, 5.41) is 0. The van der Waals surface area contributed by atoms with Crippen LogP contribution in [-0.4, -0.2) is 18.8 Å². The summed E-state index contributed by atoms with van der Waals surface area (Å²) in [7, 11) is 0. The quantitative estimate of drug-likeness (QED) is 0.630. The normalized spacial score (nSPS) is 19.4. The summed E-state index contributed by atoms with van der Waals surface area (Å²) in [6.45, 7) is 9.47. The van der Waals surface area contributed by atoms with Gasteiger partial charge in [0, 0.05) is 12.6 Å². The Balaban J connectivity index is 3.71. The zero-order valence-electron chi connectivity index (χ0n) is 8.75. The molecule has 2 nitrogen and oxygen atoms in total. The van der Waals surface area contributed by atoms with Gasteiger partial charge >= 0.3 is 0 Å². The number of hydrogen-bond acceptors (Lipinski definition) is 2. The maximum Gasteiger partial charge on any atom is 0.0414 e. The predicted molar refractivity (Wildman–Crippen MR) is 55.6 cm³/mol. The highest BCUT2D eigenvalue weighted by Gasteiger charge is 2.14. The molecule has 0 amide bonds. The molecule has 0 aliphatic rings. The Hall–Kier alpha value is -0.370. The van der Waals surface area contributed by atoms with E-state index in [4.69, 9.17) is 5.73 Å². The smallest absolute Gasteiger partial charge is 0.0414 e. The van der Waals surface area contributed by atoms with Crippen molar-refractivity contribution < 1.29 is 0 Å². The highest BCUT2D eigenvalue weighted by molar-refractivity contribution is 5.56. The van der Waals surface area contributed by atoms with Crippen molar-refractivity contribution in [3.05, 3.63) is 0 Å². The van der Waals surface area contributed by atoms with Crippen LogP contribution in [0.3, 0.4) is 0 Å². The lowest BCUT2D eigenvalue weighted by Crippen LogP contribution is -2.30. The van der Waals surface area contributed by atoms with Gasteiger partial charge in [-0.1, -0.05) is 20.8 Å². The van der Waals surface area contributed by atoms with Crippen molar-refractivity contribution in [2.45, 2.75) is 40.2 Å². The van der Waals surface area contributed by atoms with Gasteiger partial charge in [-0.15, -0.1) is 0 Å². The van der Waals surface area contributed by atoms with E-state index < -0.39 is 0 Å². The Morgan fingerprint density at radius 2 is 1.92 bits per heavy atom. The summed E-state index contributed by atoms with van der Waals surface area (Å²) < 4.78 is 0. The number of aliphatic imine (C=N–C) groups is 1. The molecule has 0 aromatic rings. The fourth-order valence-corrected chi connectivity index (χ4v) is 1.05. The molecule has 0 aromatic heterocycles. The number of hydrogen-bond donors (Lipinski definition) is 1. The summed E-state index contributed by atoms with van der Waals surface area (Å²) in [6, 6.07) is 0.275. The Bertz CT molecular complexity index is 130. The van der Waals surface area contributed by atoms with Gasteiger partial charge in [0.05, 0.1) is 0 Å². The molecule has 0 aromatic carbocycles. The van der Waals surface area contributed by atoms with Crippen molar-refractivity contribution in [3.63, 3.8) is 0 Å². The molecular weight excluding hydrogens is 148 g/mol. The molecule has 72 valence electrons. The van der Waals surface area contributed by atoms with Crippen LogP contribution in [-0.2, 0) is 0 Å². The van der Waals surface area contributed by atoms with Crippen molar-refractivity contribution in [1.82, 2.24) is 0 Å². The first-order chi connectivity index (χ1) is 5.59. The Morgan fingerprint density at radius 1 is 1.33 bits per heavy atom. The summed E-state index contributed by atoms with van der Waals surface area (Å²) in [4.78, 5) is 4.31. The maximum atomic E-state index is 5.79. The van der Waals surface area contributed by atoms with Gasteiger partial charge in [-0.05, 0) is 31.4 Å². The van der Waals surface area contributed by atoms with Gasteiger partial charge in [0.1, 0.15) is 0 Å². The van der Waals surface area contributed by atoms with Crippen molar-refractivity contribution in [1.29, 1.82) is 0 Å². The van der Waals surface area contributed by atoms with Crippen molar-refractivity contribution in [2.75, 3.05) is 6.54 Å². The molecule has 2 N–H and O–H groups in total. The maximum absolute atomic E-state index is 5.79. The zero-order chi connectivity index (χ0) is 9.56. The van der Waals surface area contributed by atoms with Crippen LogP contribution in [0.4, 0.5) is 0 Å². The third-order valence-electron chi connectivity index (χ3n) is 2.43. The average Bonchev–Trinajstić information content (AvgIpc) is 2.03. The third-order valence-corrected chi connectivity index (χ3v) is 2.43. The van der Waals surface area contributed by atoms with Crippen LogP contribution in [0.15, 0.2) is 4.99 Å². The van der Waals surface area contributed by atoms with Crippen LogP contribution in [0, 0.1) is 11.8 Å². The number of rotatable bonds is 5. The van der Waals surface area contributed by atoms with Crippen LogP contribution in [0.2, 0.25) is 0 Å². The third kappa shape index (κ3) is 4.50. The zero-order valence-corrected chi connectivity index (χ0v) is 8.75. The van der Waals surface area contributed by atoms with E-state index in [1.54, 1.807) is 0 Å². The van der Waals surface area contributed by atoms with Gasteiger partial charge < -0.3 is 5.73 Å². The van der Waals surface area contributed by atoms with E-state index in [9.17, 15) is 0 Å². The molecule has 0 aliphatic heterocycles. The Morgan fingerprint density at radius 3 is 2.33 bits per heavy atom. The molecular formula is C10H22N2. The summed E-state index contributed by atoms with van der Waals surface area (Å²) in [5.74, 6) is 1.15. The average molecular weight is 170 g/mol. The second-order valence-electron chi connectivity index (χ2n) is 3.65. The predicted octanol–water partition coefficient (Wildman–Crippen LogP) is 2.09. The minimum absolute atomic E-state index is 0.275. The first-order valence-corrected chi connectivity index (χ1v) is 4.83. The second-order valence-corrected chi connectivity index (χ2v) is 3.65. The molecule has 0 rings (SSSR count). The summed E-state index contributed by atoms with van der Waals surface area (Å²) in [6.07, 6.45) is 3.00. The van der Waals surface area contributed by atoms with Gasteiger partial charge in [-0.2, -0.15) is 0 Å². The van der Waals surface area contributed by atoms with E-state index in [1.165, 1.54) is 0 Å². The highest BCUT2D eigenvalue weighted by Crippen LogP contribution is 2.13. The fraction of sp³-hybridized carbons (Fsp3) is 0.900. The summed E-state index contributed by atoms with van der Waals surface area (Å²) in [5.41, 5.74) is 5.79. The van der Waals surface area contributed by atoms with Crippen molar-refractivity contribution in [3.8, 4) is 0 Å². The molecule has 0 heterocycles. The van der Waals surface area contributed by atoms with E-state index in [-0.39, 0.29) is 6.04 Å². The van der Waals surface area contributed by atoms with Gasteiger partial charge in [0.2, 0.25) is 0 Å². The molecule has 0 fully saturated rings. The van der Waals surface area contributed by atoms with Gasteiger partial charge in [-0.3, -0.25) is 4.99 Å². The van der Waals surface area contributed by atoms with E-state index in [2.05, 4.69) is 32.7 Å². The second kappa shape index (κ2) is 6.18. The minimum Gasteiger partial charge on any atom is -0.328 e. The van der Waals surface area contributed by atoms with E-state index >= 15 is 0 Å². The molecule has 2 heteroatoms. The van der Waals surface area contributed by atoms with Crippen LogP contribution in [0.25, 0.3) is 0 Å². The summed E-state index contributed by atoms with van der Waals surface area (Å²) >= 11 is 0. The monoisotopic (exact) mass is 170 g/mol. The lowest BCUT2D eigenvalue weighted by atomic mass is 9.90. The lowest BCUT2D eigenvalue weighted by Gasteiger charge is -2.21. The van der Waals surface area contributed by atoms with Crippen LogP contribution < -0.4 is 5.73 Å². The van der Waals surface area contributed by atoms with Crippen molar-refractivity contribution in [2.24, 2.45) is 22.6 Å². The highest BCUT2D eigenvalue weighted by atomic mass is 14.7. The Labute approximate surface area is 76.3 Å². The fourth-order valence-electron chi connectivity index (χ4n) is 1.05. The largest absolute Gasteiger partial charge is 0.328 e. The number of nitrogens with zero attached hydrogens (tertiary/aromatic N) is 1. The molecule has 3 atom stereocenters. The number of nitrogens with two attached hydrogens (primary N) is 1. The van der Waals surface area contributed by atoms with E-state index in [0.29, 0.717) is 11.8 Å².